The zero-order chi connectivity index (χ0) is 20.0. The van der Waals surface area contributed by atoms with Crippen LogP contribution < -0.4 is 10.6 Å². The van der Waals surface area contributed by atoms with Gasteiger partial charge in [0.1, 0.15) is 6.73 Å². The van der Waals surface area contributed by atoms with Gasteiger partial charge < -0.3 is 15.4 Å². The average Bonchev–Trinajstić information content (AvgIpc) is 3.47. The molecule has 1 amide bonds. The Hall–Kier alpha value is -2.18. The van der Waals surface area contributed by atoms with E-state index >= 15 is 0 Å². The molecule has 0 aromatic heterocycles. The van der Waals surface area contributed by atoms with Crippen molar-refractivity contribution in [1.82, 2.24) is 5.32 Å². The van der Waals surface area contributed by atoms with Crippen LogP contribution in [0.2, 0.25) is 5.02 Å². The summed E-state index contributed by atoms with van der Waals surface area (Å²) in [5, 5.41) is 5.60. The summed E-state index contributed by atoms with van der Waals surface area (Å²) in [6.07, 6.45) is 2.12. The second kappa shape index (κ2) is 9.67. The standard InChI is InChI=1S/C18H17ClF2N2O2.C2H6/c1-10-2-7-15(13(19)8-10)23-17-12(5-6-14(20)16(17)21)18(24)22-9-25-11-3-4-11;1-2/h2,5-8,11,23H,3-4,9H2,1H3,(H,22,24);1-2H3. The Kier molecular flexibility index (Phi) is 7.56. The van der Waals surface area contributed by atoms with E-state index in [1.165, 1.54) is 6.07 Å². The number of hydrogen-bond donors (Lipinski definition) is 2. The molecular formula is C20H23ClF2N2O2. The van der Waals surface area contributed by atoms with E-state index in [0.29, 0.717) is 10.7 Å². The lowest BCUT2D eigenvalue weighted by molar-refractivity contribution is 0.0750. The van der Waals surface area contributed by atoms with E-state index in [-0.39, 0.29) is 24.1 Å². The minimum absolute atomic E-state index is 0.0211. The van der Waals surface area contributed by atoms with Crippen LogP contribution in [0.15, 0.2) is 30.3 Å². The van der Waals surface area contributed by atoms with Crippen molar-refractivity contribution in [1.29, 1.82) is 0 Å². The lowest BCUT2D eigenvalue weighted by Crippen LogP contribution is -2.27. The van der Waals surface area contributed by atoms with Crippen LogP contribution in [0.25, 0.3) is 0 Å². The highest BCUT2D eigenvalue weighted by Gasteiger charge is 2.23. The van der Waals surface area contributed by atoms with E-state index < -0.39 is 17.5 Å². The monoisotopic (exact) mass is 396 g/mol. The average molecular weight is 397 g/mol. The third-order valence-corrected chi connectivity index (χ3v) is 4.11. The van der Waals surface area contributed by atoms with Crippen LogP contribution in [0.5, 0.6) is 0 Å². The van der Waals surface area contributed by atoms with Gasteiger partial charge in [0.2, 0.25) is 0 Å². The molecule has 0 saturated heterocycles. The second-order valence-electron chi connectivity index (χ2n) is 5.91. The smallest absolute Gasteiger partial charge is 0.255 e. The predicted molar refractivity (Wildman–Crippen MR) is 104 cm³/mol. The van der Waals surface area contributed by atoms with E-state index in [1.807, 2.05) is 20.8 Å². The molecule has 0 atom stereocenters. The normalized spacial score (nSPS) is 12.8. The summed E-state index contributed by atoms with van der Waals surface area (Å²) >= 11 is 6.13. The van der Waals surface area contributed by atoms with Gasteiger partial charge in [-0.05, 0) is 49.6 Å². The summed E-state index contributed by atoms with van der Waals surface area (Å²) in [5.41, 5.74) is 0.995. The summed E-state index contributed by atoms with van der Waals surface area (Å²) < 4.78 is 33.3. The molecule has 1 aliphatic carbocycles. The van der Waals surface area contributed by atoms with Crippen molar-refractivity contribution in [3.63, 3.8) is 0 Å². The Morgan fingerprint density at radius 2 is 1.93 bits per heavy atom. The maximum Gasteiger partial charge on any atom is 0.255 e. The first kappa shape index (κ1) is 21.1. The first-order valence-electron chi connectivity index (χ1n) is 8.86. The molecule has 0 bridgehead atoms. The minimum atomic E-state index is -1.15. The van der Waals surface area contributed by atoms with Gasteiger partial charge in [0, 0.05) is 0 Å². The Morgan fingerprint density at radius 1 is 1.22 bits per heavy atom. The van der Waals surface area contributed by atoms with Crippen LogP contribution in [0.1, 0.15) is 42.6 Å². The van der Waals surface area contributed by atoms with Crippen LogP contribution in [-0.2, 0) is 4.74 Å². The van der Waals surface area contributed by atoms with Crippen molar-refractivity contribution >= 4 is 28.9 Å². The molecular weight excluding hydrogens is 374 g/mol. The molecule has 1 fully saturated rings. The van der Waals surface area contributed by atoms with E-state index in [2.05, 4.69) is 10.6 Å². The number of carbonyl (C=O) groups is 1. The summed E-state index contributed by atoms with van der Waals surface area (Å²) in [7, 11) is 0. The van der Waals surface area contributed by atoms with Gasteiger partial charge in [0.05, 0.1) is 28.1 Å². The zero-order valence-electron chi connectivity index (χ0n) is 15.5. The molecule has 1 saturated carbocycles. The van der Waals surface area contributed by atoms with Crippen molar-refractivity contribution in [2.24, 2.45) is 0 Å². The minimum Gasteiger partial charge on any atom is -0.358 e. The Morgan fingerprint density at radius 3 is 2.56 bits per heavy atom. The molecule has 7 heteroatoms. The van der Waals surface area contributed by atoms with Gasteiger partial charge in [-0.2, -0.15) is 0 Å². The van der Waals surface area contributed by atoms with Gasteiger partial charge in [-0.3, -0.25) is 4.79 Å². The molecule has 146 valence electrons. The lowest BCUT2D eigenvalue weighted by Gasteiger charge is -2.15. The summed E-state index contributed by atoms with van der Waals surface area (Å²) in [6.45, 7) is 5.88. The molecule has 4 nitrogen and oxygen atoms in total. The number of hydrogen-bond acceptors (Lipinski definition) is 3. The van der Waals surface area contributed by atoms with Crippen LogP contribution in [0, 0.1) is 18.6 Å². The van der Waals surface area contributed by atoms with Gasteiger partial charge >= 0.3 is 0 Å². The highest BCUT2D eigenvalue weighted by atomic mass is 35.5. The zero-order valence-corrected chi connectivity index (χ0v) is 16.3. The second-order valence-corrected chi connectivity index (χ2v) is 6.32. The number of nitrogens with one attached hydrogen (secondary N) is 2. The first-order valence-corrected chi connectivity index (χ1v) is 9.24. The van der Waals surface area contributed by atoms with Crippen LogP contribution in [-0.4, -0.2) is 18.7 Å². The highest BCUT2D eigenvalue weighted by Crippen LogP contribution is 2.31. The molecule has 1 aliphatic rings. The Labute approximate surface area is 162 Å². The van der Waals surface area contributed by atoms with E-state index in [4.69, 9.17) is 16.3 Å². The van der Waals surface area contributed by atoms with Crippen molar-refractivity contribution in [3.8, 4) is 0 Å². The van der Waals surface area contributed by atoms with Crippen molar-refractivity contribution in [2.75, 3.05) is 12.0 Å². The van der Waals surface area contributed by atoms with E-state index in [1.54, 1.807) is 18.2 Å². The fourth-order valence-electron chi connectivity index (χ4n) is 2.27. The number of halogens is 3. The number of amides is 1. The van der Waals surface area contributed by atoms with E-state index in [0.717, 1.165) is 24.5 Å². The summed E-state index contributed by atoms with van der Waals surface area (Å²) in [4.78, 5) is 12.3. The van der Waals surface area contributed by atoms with Gasteiger partial charge in [0.25, 0.3) is 5.91 Å². The predicted octanol–water partition coefficient (Wildman–Crippen LogP) is 5.56. The molecule has 0 spiro atoms. The first-order chi connectivity index (χ1) is 13.0. The molecule has 2 aromatic carbocycles. The highest BCUT2D eigenvalue weighted by molar-refractivity contribution is 6.33. The topological polar surface area (TPSA) is 50.4 Å². The van der Waals surface area contributed by atoms with Gasteiger partial charge in [-0.1, -0.05) is 31.5 Å². The molecule has 0 heterocycles. The van der Waals surface area contributed by atoms with Crippen molar-refractivity contribution in [2.45, 2.75) is 39.7 Å². The summed E-state index contributed by atoms with van der Waals surface area (Å²) in [5.74, 6) is -2.77. The fraction of sp³-hybridized carbons (Fsp3) is 0.350. The quantitative estimate of drug-likeness (QED) is 0.628. The van der Waals surface area contributed by atoms with Crippen LogP contribution in [0.4, 0.5) is 20.2 Å². The van der Waals surface area contributed by atoms with Crippen molar-refractivity contribution < 1.29 is 18.3 Å². The molecule has 0 aliphatic heterocycles. The maximum absolute atomic E-state index is 14.3. The molecule has 0 unspecified atom stereocenters. The maximum atomic E-state index is 14.3. The van der Waals surface area contributed by atoms with Gasteiger partial charge in [-0.25, -0.2) is 8.78 Å². The SMILES string of the molecule is CC.Cc1ccc(Nc2c(C(=O)NCOC3CC3)ccc(F)c2F)c(Cl)c1. The van der Waals surface area contributed by atoms with E-state index in [9.17, 15) is 13.6 Å². The third kappa shape index (κ3) is 5.65. The Bertz CT molecular complexity index is 811. The molecule has 2 aromatic rings. The number of aryl methyl sites for hydroxylation is 1. The number of carbonyl (C=O) groups excluding carboxylic acids is 1. The lowest BCUT2D eigenvalue weighted by atomic mass is 10.1. The van der Waals surface area contributed by atoms with Crippen molar-refractivity contribution in [3.05, 3.63) is 58.1 Å². The fourth-order valence-corrected chi connectivity index (χ4v) is 2.56. The number of ether oxygens (including phenoxy) is 1. The van der Waals surface area contributed by atoms with Crippen LogP contribution >= 0.6 is 11.6 Å². The van der Waals surface area contributed by atoms with Gasteiger partial charge in [-0.15, -0.1) is 0 Å². The molecule has 3 rings (SSSR count). The molecule has 27 heavy (non-hydrogen) atoms. The number of anilines is 2. The molecule has 0 radical (unpaired) electrons. The number of rotatable bonds is 6. The molecule has 2 N–H and O–H groups in total. The third-order valence-electron chi connectivity index (χ3n) is 3.80. The largest absolute Gasteiger partial charge is 0.358 e. The number of benzene rings is 2. The Balaban J connectivity index is 0.00000126. The summed E-state index contributed by atoms with van der Waals surface area (Å²) in [6, 6.07) is 7.22. The van der Waals surface area contributed by atoms with Gasteiger partial charge in [0.15, 0.2) is 11.6 Å². The van der Waals surface area contributed by atoms with Crippen LogP contribution in [0.3, 0.4) is 0 Å².